The summed E-state index contributed by atoms with van der Waals surface area (Å²) in [5.74, 6) is 0.594. The molecule has 0 spiro atoms. The highest BCUT2D eigenvalue weighted by Gasteiger charge is 2.22. The third-order valence-corrected chi connectivity index (χ3v) is 5.61. The van der Waals surface area contributed by atoms with Crippen LogP contribution in [0.4, 0.5) is 5.13 Å². The van der Waals surface area contributed by atoms with Crippen LogP contribution in [-0.4, -0.2) is 32.8 Å². The number of anilines is 1. The smallest absolute Gasteiger partial charge is 0.250 e. The maximum absolute atomic E-state index is 13.1. The Hall–Kier alpha value is -3.26. The first-order valence-electron chi connectivity index (χ1n) is 8.76. The van der Waals surface area contributed by atoms with Gasteiger partial charge >= 0.3 is 0 Å². The summed E-state index contributed by atoms with van der Waals surface area (Å²) in [6.07, 6.45) is 2.95. The van der Waals surface area contributed by atoms with Crippen molar-refractivity contribution in [3.05, 3.63) is 66.2 Å². The Bertz CT molecular complexity index is 1090. The normalized spacial score (nSPS) is 10.9. The number of amides is 1. The second-order valence-electron chi connectivity index (χ2n) is 6.32. The summed E-state index contributed by atoms with van der Waals surface area (Å²) in [7, 11) is 1.63. The molecule has 8 heteroatoms. The second-order valence-corrected chi connectivity index (χ2v) is 7.29. The van der Waals surface area contributed by atoms with Gasteiger partial charge in [0.25, 0.3) is 5.91 Å². The number of aromatic nitrogens is 4. The Balaban J connectivity index is 1.75. The molecule has 0 radical (unpaired) electrons. The fourth-order valence-corrected chi connectivity index (χ4v) is 4.01. The third kappa shape index (κ3) is 3.59. The maximum atomic E-state index is 13.1. The minimum atomic E-state index is -0.106. The average Bonchev–Trinajstić information content (AvgIpc) is 3.37. The van der Waals surface area contributed by atoms with Gasteiger partial charge in [-0.15, -0.1) is 0 Å². The fraction of sp³-hybridized carbons (Fsp3) is 0.200. The molecule has 4 rings (SSSR count). The van der Waals surface area contributed by atoms with Gasteiger partial charge in [0.2, 0.25) is 0 Å². The van der Waals surface area contributed by atoms with Crippen LogP contribution in [0.25, 0.3) is 10.2 Å². The number of carbonyl (C=O) groups is 1. The molecule has 0 N–H and O–H groups in total. The van der Waals surface area contributed by atoms with Crippen LogP contribution >= 0.6 is 11.3 Å². The van der Waals surface area contributed by atoms with Crippen molar-refractivity contribution in [2.24, 2.45) is 0 Å². The third-order valence-electron chi connectivity index (χ3n) is 4.39. The van der Waals surface area contributed by atoms with Crippen LogP contribution in [0.5, 0.6) is 5.75 Å². The van der Waals surface area contributed by atoms with Gasteiger partial charge in [0.05, 0.1) is 18.4 Å². The van der Waals surface area contributed by atoms with Crippen molar-refractivity contribution in [1.82, 2.24) is 19.7 Å². The molecule has 7 nitrogen and oxygen atoms in total. The standard InChI is InChI=1S/C20H19N5O2S/c1-14-8-9-16(27-2)18-19(14)28-20(23-18)25(10-15-6-4-3-5-7-15)17(26)11-24-13-21-12-22-24/h3-9,12-13H,10-11H2,1-2H3. The van der Waals surface area contributed by atoms with Crippen molar-refractivity contribution in [1.29, 1.82) is 0 Å². The summed E-state index contributed by atoms with van der Waals surface area (Å²) < 4.78 is 7.99. The number of aryl methyl sites for hydroxylation is 1. The van der Waals surface area contributed by atoms with E-state index in [1.165, 1.54) is 28.7 Å². The molecule has 0 atom stereocenters. The summed E-state index contributed by atoms with van der Waals surface area (Å²) in [5, 5.41) is 4.68. The molecule has 2 heterocycles. The monoisotopic (exact) mass is 393 g/mol. The molecule has 0 bridgehead atoms. The summed E-state index contributed by atoms with van der Waals surface area (Å²) in [5.41, 5.74) is 2.90. The molecule has 0 aliphatic heterocycles. The molecule has 4 aromatic rings. The number of hydrogen-bond acceptors (Lipinski definition) is 6. The van der Waals surface area contributed by atoms with E-state index in [2.05, 4.69) is 10.1 Å². The Morgan fingerprint density at radius 1 is 1.21 bits per heavy atom. The number of ether oxygens (including phenoxy) is 1. The molecule has 142 valence electrons. The van der Waals surface area contributed by atoms with E-state index in [0.29, 0.717) is 17.4 Å². The number of nitrogens with zero attached hydrogens (tertiary/aromatic N) is 5. The van der Waals surface area contributed by atoms with Gasteiger partial charge in [-0.3, -0.25) is 9.69 Å². The van der Waals surface area contributed by atoms with Crippen LogP contribution in [-0.2, 0) is 17.9 Å². The molecular weight excluding hydrogens is 374 g/mol. The minimum absolute atomic E-state index is 0.0961. The average molecular weight is 393 g/mol. The lowest BCUT2D eigenvalue weighted by Gasteiger charge is -2.20. The second kappa shape index (κ2) is 7.77. The zero-order valence-electron chi connectivity index (χ0n) is 15.6. The Kier molecular flexibility index (Phi) is 5.03. The van der Waals surface area contributed by atoms with Gasteiger partial charge in [0, 0.05) is 0 Å². The Morgan fingerprint density at radius 2 is 2.04 bits per heavy atom. The van der Waals surface area contributed by atoms with Crippen molar-refractivity contribution in [2.75, 3.05) is 12.0 Å². The predicted octanol–water partition coefficient (Wildman–Crippen LogP) is 3.44. The van der Waals surface area contributed by atoms with E-state index in [0.717, 1.165) is 21.3 Å². The highest BCUT2D eigenvalue weighted by Crippen LogP contribution is 2.37. The van der Waals surface area contributed by atoms with Gasteiger partial charge in [-0.2, -0.15) is 5.10 Å². The quantitative estimate of drug-likeness (QED) is 0.502. The summed E-state index contributed by atoms with van der Waals surface area (Å²) in [4.78, 5) is 23.5. The number of hydrogen-bond donors (Lipinski definition) is 0. The topological polar surface area (TPSA) is 73.1 Å². The van der Waals surface area contributed by atoms with Crippen LogP contribution in [0.3, 0.4) is 0 Å². The summed E-state index contributed by atoms with van der Waals surface area (Å²) in [6, 6.07) is 13.8. The highest BCUT2D eigenvalue weighted by molar-refractivity contribution is 7.22. The molecule has 0 aliphatic carbocycles. The molecule has 2 aromatic carbocycles. The highest BCUT2D eigenvalue weighted by atomic mass is 32.1. The van der Waals surface area contributed by atoms with E-state index >= 15 is 0 Å². The van der Waals surface area contributed by atoms with Crippen molar-refractivity contribution in [3.8, 4) is 5.75 Å². The molecule has 0 saturated heterocycles. The van der Waals surface area contributed by atoms with Crippen LogP contribution in [0, 0.1) is 6.92 Å². The number of benzene rings is 2. The Labute approximate surface area is 166 Å². The first kappa shape index (κ1) is 18.1. The minimum Gasteiger partial charge on any atom is -0.494 e. The van der Waals surface area contributed by atoms with E-state index in [1.807, 2.05) is 49.4 Å². The number of rotatable bonds is 6. The SMILES string of the molecule is COc1ccc(C)c2sc(N(Cc3ccccc3)C(=O)Cn3cncn3)nc12. The van der Waals surface area contributed by atoms with Gasteiger partial charge in [-0.25, -0.2) is 14.6 Å². The first-order valence-corrected chi connectivity index (χ1v) is 9.58. The summed E-state index contributed by atoms with van der Waals surface area (Å²) >= 11 is 1.49. The lowest BCUT2D eigenvalue weighted by molar-refractivity contribution is -0.119. The zero-order chi connectivity index (χ0) is 19.5. The van der Waals surface area contributed by atoms with Crippen LogP contribution in [0.2, 0.25) is 0 Å². The van der Waals surface area contributed by atoms with Gasteiger partial charge in [0.15, 0.2) is 5.13 Å². The molecule has 0 fully saturated rings. The first-order chi connectivity index (χ1) is 13.7. The van der Waals surface area contributed by atoms with E-state index in [1.54, 1.807) is 12.0 Å². The molecular formula is C20H19N5O2S. The van der Waals surface area contributed by atoms with Crippen molar-refractivity contribution >= 4 is 32.6 Å². The lowest BCUT2D eigenvalue weighted by Crippen LogP contribution is -2.33. The van der Waals surface area contributed by atoms with E-state index in [-0.39, 0.29) is 12.5 Å². The fourth-order valence-electron chi connectivity index (χ4n) is 2.95. The van der Waals surface area contributed by atoms with Crippen molar-refractivity contribution < 1.29 is 9.53 Å². The molecule has 2 aromatic heterocycles. The van der Waals surface area contributed by atoms with E-state index in [4.69, 9.17) is 9.72 Å². The van der Waals surface area contributed by atoms with Gasteiger partial charge in [-0.1, -0.05) is 47.7 Å². The molecule has 0 unspecified atom stereocenters. The van der Waals surface area contributed by atoms with Crippen LogP contribution in [0.1, 0.15) is 11.1 Å². The number of thiazole rings is 1. The number of fused-ring (bicyclic) bond motifs is 1. The zero-order valence-corrected chi connectivity index (χ0v) is 16.4. The number of methoxy groups -OCH3 is 1. The molecule has 1 amide bonds. The largest absolute Gasteiger partial charge is 0.494 e. The lowest BCUT2D eigenvalue weighted by atomic mass is 10.2. The van der Waals surface area contributed by atoms with Gasteiger partial charge in [-0.05, 0) is 24.1 Å². The van der Waals surface area contributed by atoms with Crippen molar-refractivity contribution in [2.45, 2.75) is 20.0 Å². The Morgan fingerprint density at radius 3 is 2.75 bits per heavy atom. The number of carbonyl (C=O) groups excluding carboxylic acids is 1. The summed E-state index contributed by atoms with van der Waals surface area (Å²) in [6.45, 7) is 2.55. The molecule has 0 saturated carbocycles. The molecule has 0 aliphatic rings. The van der Waals surface area contributed by atoms with E-state index < -0.39 is 0 Å². The van der Waals surface area contributed by atoms with Crippen molar-refractivity contribution in [3.63, 3.8) is 0 Å². The molecule has 28 heavy (non-hydrogen) atoms. The predicted molar refractivity (Wildman–Crippen MR) is 109 cm³/mol. The maximum Gasteiger partial charge on any atom is 0.250 e. The van der Waals surface area contributed by atoms with Crippen LogP contribution in [0.15, 0.2) is 55.1 Å². The van der Waals surface area contributed by atoms with Gasteiger partial charge in [0.1, 0.15) is 30.5 Å². The van der Waals surface area contributed by atoms with Gasteiger partial charge < -0.3 is 4.74 Å². The van der Waals surface area contributed by atoms with Crippen LogP contribution < -0.4 is 9.64 Å². The van der Waals surface area contributed by atoms with E-state index in [9.17, 15) is 4.79 Å².